The van der Waals surface area contributed by atoms with Crippen LogP contribution in [0.1, 0.15) is 90.9 Å². The van der Waals surface area contributed by atoms with Gasteiger partial charge in [0.05, 0.1) is 0 Å². The number of hydrogen-bond donors (Lipinski definition) is 2. The molecule has 23 heavy (non-hydrogen) atoms. The first-order valence-electron chi connectivity index (χ1n) is 9.26. The molecule has 0 aliphatic heterocycles. The molecule has 5 heteroatoms. The normalized spacial score (nSPS) is 12.1. The SMILES string of the molecule is CCCCCCCC[C@H](C)N(CCCCCCC(=O)O)C(N)=O. The molecule has 1 atom stereocenters. The molecule has 0 bridgehead atoms. The molecule has 0 spiro atoms. The van der Waals surface area contributed by atoms with E-state index < -0.39 is 5.97 Å². The Morgan fingerprint density at radius 2 is 1.52 bits per heavy atom. The van der Waals surface area contributed by atoms with Gasteiger partial charge in [0, 0.05) is 19.0 Å². The molecule has 3 N–H and O–H groups in total. The van der Waals surface area contributed by atoms with Gasteiger partial charge in [0.15, 0.2) is 0 Å². The number of carboxylic acids is 1. The van der Waals surface area contributed by atoms with Crippen molar-refractivity contribution in [2.75, 3.05) is 6.54 Å². The lowest BCUT2D eigenvalue weighted by molar-refractivity contribution is -0.137. The van der Waals surface area contributed by atoms with E-state index in [1.54, 1.807) is 4.90 Å². The molecule has 0 aromatic carbocycles. The summed E-state index contributed by atoms with van der Waals surface area (Å²) in [6, 6.07) is -0.147. The monoisotopic (exact) mass is 328 g/mol. The van der Waals surface area contributed by atoms with E-state index in [0.29, 0.717) is 13.0 Å². The van der Waals surface area contributed by atoms with Crippen LogP contribution in [0, 0.1) is 0 Å². The summed E-state index contributed by atoms with van der Waals surface area (Å²) in [6.45, 7) is 4.97. The molecule has 0 saturated carbocycles. The van der Waals surface area contributed by atoms with Crippen molar-refractivity contribution in [2.24, 2.45) is 5.73 Å². The number of unbranched alkanes of at least 4 members (excludes halogenated alkanes) is 8. The summed E-state index contributed by atoms with van der Waals surface area (Å²) in [5, 5.41) is 8.58. The van der Waals surface area contributed by atoms with E-state index in [4.69, 9.17) is 10.8 Å². The summed E-state index contributed by atoms with van der Waals surface area (Å²) in [7, 11) is 0. The molecule has 2 amide bonds. The minimum atomic E-state index is -0.740. The van der Waals surface area contributed by atoms with Crippen molar-refractivity contribution in [1.82, 2.24) is 4.90 Å². The average molecular weight is 328 g/mol. The quantitative estimate of drug-likeness (QED) is 0.433. The fourth-order valence-corrected chi connectivity index (χ4v) is 2.84. The van der Waals surface area contributed by atoms with Gasteiger partial charge in [0.25, 0.3) is 0 Å². The number of hydrogen-bond acceptors (Lipinski definition) is 2. The second kappa shape index (κ2) is 14.3. The van der Waals surface area contributed by atoms with Crippen molar-refractivity contribution in [3.05, 3.63) is 0 Å². The van der Waals surface area contributed by atoms with Gasteiger partial charge in [0.2, 0.25) is 0 Å². The van der Waals surface area contributed by atoms with Crippen molar-refractivity contribution >= 4 is 12.0 Å². The van der Waals surface area contributed by atoms with Crippen LogP contribution < -0.4 is 5.73 Å². The number of rotatable bonds is 15. The van der Waals surface area contributed by atoms with Gasteiger partial charge in [-0.3, -0.25) is 4.79 Å². The van der Waals surface area contributed by atoms with Gasteiger partial charge in [-0.05, 0) is 26.2 Å². The Morgan fingerprint density at radius 3 is 2.13 bits per heavy atom. The third kappa shape index (κ3) is 12.9. The van der Waals surface area contributed by atoms with E-state index in [9.17, 15) is 9.59 Å². The molecule has 0 aliphatic carbocycles. The van der Waals surface area contributed by atoms with Crippen LogP contribution in [0.2, 0.25) is 0 Å². The highest BCUT2D eigenvalue weighted by Gasteiger charge is 2.16. The topological polar surface area (TPSA) is 83.6 Å². The zero-order valence-electron chi connectivity index (χ0n) is 15.1. The number of carboxylic acid groups (broad SMARTS) is 1. The number of carbonyl (C=O) groups excluding carboxylic acids is 1. The molecule has 0 aromatic rings. The number of aliphatic carboxylic acids is 1. The molecule has 0 unspecified atom stereocenters. The van der Waals surface area contributed by atoms with Crippen molar-refractivity contribution in [1.29, 1.82) is 0 Å². The molecular formula is C18H36N2O3. The summed E-state index contributed by atoms with van der Waals surface area (Å²) in [6.07, 6.45) is 12.2. The van der Waals surface area contributed by atoms with Crippen LogP contribution >= 0.6 is 0 Å². The lowest BCUT2D eigenvalue weighted by atomic mass is 10.1. The Labute approximate surface area is 141 Å². The third-order valence-corrected chi connectivity index (χ3v) is 4.33. The van der Waals surface area contributed by atoms with E-state index >= 15 is 0 Å². The number of urea groups is 1. The average Bonchev–Trinajstić information content (AvgIpc) is 2.49. The van der Waals surface area contributed by atoms with E-state index in [-0.39, 0.29) is 18.5 Å². The van der Waals surface area contributed by atoms with Crippen LogP contribution in [-0.2, 0) is 4.79 Å². The van der Waals surface area contributed by atoms with Gasteiger partial charge < -0.3 is 15.7 Å². The molecule has 0 saturated heterocycles. The summed E-state index contributed by atoms with van der Waals surface area (Å²) < 4.78 is 0. The number of amides is 2. The van der Waals surface area contributed by atoms with E-state index in [2.05, 4.69) is 13.8 Å². The second-order valence-corrected chi connectivity index (χ2v) is 6.50. The van der Waals surface area contributed by atoms with Gasteiger partial charge >= 0.3 is 12.0 Å². The Hall–Kier alpha value is -1.26. The van der Waals surface area contributed by atoms with Gasteiger partial charge in [-0.1, -0.05) is 58.3 Å². The van der Waals surface area contributed by atoms with Crippen molar-refractivity contribution in [3.8, 4) is 0 Å². The van der Waals surface area contributed by atoms with E-state index in [1.807, 2.05) is 0 Å². The Kier molecular flexibility index (Phi) is 13.6. The van der Waals surface area contributed by atoms with E-state index in [1.165, 1.54) is 32.1 Å². The molecule has 0 rings (SSSR count). The first-order chi connectivity index (χ1) is 11.0. The summed E-state index contributed by atoms with van der Waals surface area (Å²) >= 11 is 0. The molecular weight excluding hydrogens is 292 g/mol. The summed E-state index contributed by atoms with van der Waals surface area (Å²) in [5.74, 6) is -0.740. The van der Waals surface area contributed by atoms with Crippen LogP contribution in [-0.4, -0.2) is 34.6 Å². The van der Waals surface area contributed by atoms with Crippen molar-refractivity contribution < 1.29 is 14.7 Å². The maximum absolute atomic E-state index is 11.6. The maximum Gasteiger partial charge on any atom is 0.315 e. The lowest BCUT2D eigenvalue weighted by Crippen LogP contribution is -2.42. The van der Waals surface area contributed by atoms with Crippen molar-refractivity contribution in [2.45, 2.75) is 96.9 Å². The lowest BCUT2D eigenvalue weighted by Gasteiger charge is -2.27. The van der Waals surface area contributed by atoms with Crippen LogP contribution in [0.25, 0.3) is 0 Å². The van der Waals surface area contributed by atoms with Crippen LogP contribution in [0.5, 0.6) is 0 Å². The van der Waals surface area contributed by atoms with E-state index in [0.717, 1.165) is 32.1 Å². The highest BCUT2D eigenvalue weighted by atomic mass is 16.4. The highest BCUT2D eigenvalue weighted by molar-refractivity contribution is 5.72. The molecule has 136 valence electrons. The Balaban J connectivity index is 3.81. The largest absolute Gasteiger partial charge is 0.481 e. The predicted octanol–water partition coefficient (Wildman–Crippen LogP) is 4.54. The maximum atomic E-state index is 11.6. The zero-order valence-corrected chi connectivity index (χ0v) is 15.1. The first-order valence-corrected chi connectivity index (χ1v) is 9.26. The fourth-order valence-electron chi connectivity index (χ4n) is 2.84. The molecule has 0 fully saturated rings. The number of nitrogens with zero attached hydrogens (tertiary/aromatic N) is 1. The predicted molar refractivity (Wildman–Crippen MR) is 94.5 cm³/mol. The number of nitrogens with two attached hydrogens (primary N) is 1. The van der Waals surface area contributed by atoms with Crippen LogP contribution in [0.4, 0.5) is 4.79 Å². The third-order valence-electron chi connectivity index (χ3n) is 4.33. The zero-order chi connectivity index (χ0) is 17.5. The van der Waals surface area contributed by atoms with Crippen LogP contribution in [0.3, 0.4) is 0 Å². The molecule has 0 aliphatic rings. The fraction of sp³-hybridized carbons (Fsp3) is 0.889. The van der Waals surface area contributed by atoms with Gasteiger partial charge in [-0.15, -0.1) is 0 Å². The first kappa shape index (κ1) is 21.7. The summed E-state index contributed by atoms with van der Waals surface area (Å²) in [5.41, 5.74) is 5.50. The molecule has 0 aromatic heterocycles. The molecule has 0 heterocycles. The minimum absolute atomic E-state index is 0.192. The van der Waals surface area contributed by atoms with Crippen LogP contribution in [0.15, 0.2) is 0 Å². The second-order valence-electron chi connectivity index (χ2n) is 6.50. The van der Waals surface area contributed by atoms with Gasteiger partial charge in [-0.25, -0.2) is 4.79 Å². The summed E-state index contributed by atoms with van der Waals surface area (Å²) in [4.78, 5) is 23.8. The van der Waals surface area contributed by atoms with Gasteiger partial charge in [-0.2, -0.15) is 0 Å². The highest BCUT2D eigenvalue weighted by Crippen LogP contribution is 2.13. The number of carbonyl (C=O) groups is 2. The number of primary amides is 1. The minimum Gasteiger partial charge on any atom is -0.481 e. The molecule has 5 nitrogen and oxygen atoms in total. The Morgan fingerprint density at radius 1 is 0.957 bits per heavy atom. The van der Waals surface area contributed by atoms with Gasteiger partial charge in [0.1, 0.15) is 0 Å². The van der Waals surface area contributed by atoms with Crippen molar-refractivity contribution in [3.63, 3.8) is 0 Å². The smallest absolute Gasteiger partial charge is 0.315 e. The molecule has 0 radical (unpaired) electrons. The Bertz CT molecular complexity index is 321. The standard InChI is InChI=1S/C18H36N2O3/c1-3-4-5-6-7-10-13-16(2)20(18(19)23)15-12-9-8-11-14-17(21)22/h16H,3-15H2,1-2H3,(H2,19,23)(H,21,22)/t16-/m0/s1.